The van der Waals surface area contributed by atoms with Gasteiger partial charge >= 0.3 is 0 Å². The van der Waals surface area contributed by atoms with Gasteiger partial charge in [0.1, 0.15) is 4.32 Å². The molecule has 0 saturated carbocycles. The highest BCUT2D eigenvalue weighted by Gasteiger charge is 2.00. The maximum absolute atomic E-state index is 10.5. The van der Waals surface area contributed by atoms with Crippen LogP contribution in [0.3, 0.4) is 0 Å². The Labute approximate surface area is 82.8 Å². The van der Waals surface area contributed by atoms with Gasteiger partial charge in [0.05, 0.1) is 4.91 Å². The van der Waals surface area contributed by atoms with Crippen molar-refractivity contribution in [3.05, 3.63) is 11.0 Å². The normalized spacial score (nSPS) is 11.5. The molecule has 12 heavy (non-hydrogen) atoms. The maximum Gasteiger partial charge on any atom is 0.156 e. The molecule has 68 valence electrons. The van der Waals surface area contributed by atoms with E-state index in [1.807, 2.05) is 19.9 Å². The molecule has 0 aromatic carbocycles. The molecule has 0 spiro atoms. The summed E-state index contributed by atoms with van der Waals surface area (Å²) < 4.78 is 0.619. The van der Waals surface area contributed by atoms with E-state index in [1.165, 1.54) is 11.8 Å². The second kappa shape index (κ2) is 6.20. The number of thiocarbonyl (C=S) groups is 1. The third-order valence-electron chi connectivity index (χ3n) is 1.03. The van der Waals surface area contributed by atoms with Crippen molar-refractivity contribution in [3.63, 3.8) is 0 Å². The quantitative estimate of drug-likeness (QED) is 0.431. The lowest BCUT2D eigenvalue weighted by molar-refractivity contribution is -0.104. The molecular weight excluding hydrogens is 190 g/mol. The predicted molar refractivity (Wildman–Crippen MR) is 58.2 cm³/mol. The first-order valence-corrected chi connectivity index (χ1v) is 4.89. The van der Waals surface area contributed by atoms with Crippen LogP contribution in [0.2, 0.25) is 0 Å². The van der Waals surface area contributed by atoms with Crippen LogP contribution >= 0.6 is 24.0 Å². The minimum Gasteiger partial charge on any atom is -0.374 e. The average molecular weight is 203 g/mol. The van der Waals surface area contributed by atoms with Gasteiger partial charge in [0, 0.05) is 7.05 Å². The van der Waals surface area contributed by atoms with E-state index in [1.54, 1.807) is 7.05 Å². The lowest BCUT2D eigenvalue weighted by Crippen LogP contribution is -2.11. The molecule has 0 aromatic rings. The Balaban J connectivity index is 4.17. The van der Waals surface area contributed by atoms with E-state index in [-0.39, 0.29) is 0 Å². The van der Waals surface area contributed by atoms with Gasteiger partial charge in [-0.25, -0.2) is 0 Å². The van der Waals surface area contributed by atoms with E-state index >= 15 is 0 Å². The largest absolute Gasteiger partial charge is 0.374 e. The topological polar surface area (TPSA) is 29.1 Å². The minimum absolute atomic E-state index is 0.373. The van der Waals surface area contributed by atoms with Gasteiger partial charge in [0.2, 0.25) is 0 Å². The third-order valence-corrected chi connectivity index (χ3v) is 2.34. The Hall–Kier alpha value is -0.350. The molecule has 0 aliphatic carbocycles. The molecule has 2 nitrogen and oxygen atoms in total. The standard InChI is InChI=1S/C8H13NOS2/c1-6(2)4-7(5-10)12-8(11)9-3/h4-6H,1-3H3,(H,9,11)/b7-4+. The van der Waals surface area contributed by atoms with Gasteiger partial charge in [-0.3, -0.25) is 4.79 Å². The second-order valence-electron chi connectivity index (χ2n) is 2.57. The molecule has 0 aromatic heterocycles. The molecule has 0 saturated heterocycles. The van der Waals surface area contributed by atoms with Gasteiger partial charge in [-0.15, -0.1) is 0 Å². The summed E-state index contributed by atoms with van der Waals surface area (Å²) in [5, 5.41) is 2.80. The smallest absolute Gasteiger partial charge is 0.156 e. The van der Waals surface area contributed by atoms with E-state index in [2.05, 4.69) is 5.32 Å². The molecule has 0 aliphatic heterocycles. The van der Waals surface area contributed by atoms with Crippen LogP contribution in [0.1, 0.15) is 13.8 Å². The van der Waals surface area contributed by atoms with Gasteiger partial charge in [-0.2, -0.15) is 0 Å². The summed E-state index contributed by atoms with van der Waals surface area (Å²) in [5.74, 6) is 0.373. The molecule has 0 heterocycles. The van der Waals surface area contributed by atoms with Crippen molar-refractivity contribution in [1.82, 2.24) is 5.32 Å². The first kappa shape index (κ1) is 11.6. The summed E-state index contributed by atoms with van der Waals surface area (Å²) >= 11 is 6.19. The van der Waals surface area contributed by atoms with Crippen LogP contribution < -0.4 is 5.32 Å². The molecule has 0 unspecified atom stereocenters. The summed E-state index contributed by atoms with van der Waals surface area (Å²) in [5.41, 5.74) is 0. The first-order valence-electron chi connectivity index (χ1n) is 3.66. The van der Waals surface area contributed by atoms with Crippen LogP contribution in [-0.4, -0.2) is 17.7 Å². The van der Waals surface area contributed by atoms with E-state index in [9.17, 15) is 4.79 Å². The fourth-order valence-corrected chi connectivity index (χ4v) is 1.58. The third kappa shape index (κ3) is 5.32. The number of aldehydes is 1. The number of rotatable bonds is 3. The number of allylic oxidation sites excluding steroid dienone is 2. The molecule has 0 rings (SSSR count). The summed E-state index contributed by atoms with van der Waals surface area (Å²) in [4.78, 5) is 11.2. The number of thioether (sulfide) groups is 1. The summed E-state index contributed by atoms with van der Waals surface area (Å²) in [6, 6.07) is 0. The van der Waals surface area contributed by atoms with Crippen LogP contribution in [0.5, 0.6) is 0 Å². The first-order chi connectivity index (χ1) is 5.60. The number of carbonyl (C=O) groups is 1. The number of hydrogen-bond acceptors (Lipinski definition) is 3. The van der Waals surface area contributed by atoms with Gasteiger partial charge in [0.15, 0.2) is 6.29 Å². The van der Waals surface area contributed by atoms with Gasteiger partial charge in [-0.05, 0) is 5.92 Å². The number of carbonyl (C=O) groups excluding carboxylic acids is 1. The Morgan fingerprint density at radius 3 is 2.50 bits per heavy atom. The Bertz CT molecular complexity index is 199. The Morgan fingerprint density at radius 1 is 1.58 bits per heavy atom. The van der Waals surface area contributed by atoms with E-state index in [0.717, 1.165) is 6.29 Å². The lowest BCUT2D eigenvalue weighted by Gasteiger charge is -2.02. The van der Waals surface area contributed by atoms with Crippen molar-refractivity contribution in [2.45, 2.75) is 13.8 Å². The van der Waals surface area contributed by atoms with Crippen molar-refractivity contribution in [2.24, 2.45) is 5.92 Å². The Kier molecular flexibility index (Phi) is 6.02. The molecule has 0 atom stereocenters. The molecule has 4 heteroatoms. The Morgan fingerprint density at radius 2 is 2.17 bits per heavy atom. The van der Waals surface area contributed by atoms with Crippen molar-refractivity contribution in [2.75, 3.05) is 7.05 Å². The van der Waals surface area contributed by atoms with Crippen LogP contribution in [-0.2, 0) is 4.79 Å². The average Bonchev–Trinajstić information content (AvgIpc) is 2.02. The van der Waals surface area contributed by atoms with Gasteiger partial charge < -0.3 is 5.32 Å². The second-order valence-corrected chi connectivity index (χ2v) is 4.32. The van der Waals surface area contributed by atoms with Crippen molar-refractivity contribution in [1.29, 1.82) is 0 Å². The van der Waals surface area contributed by atoms with Gasteiger partial charge in [0.25, 0.3) is 0 Å². The van der Waals surface area contributed by atoms with Crippen LogP contribution in [0.25, 0.3) is 0 Å². The molecule has 0 bridgehead atoms. The molecule has 0 aliphatic rings. The summed E-state index contributed by atoms with van der Waals surface area (Å²) in [6.45, 7) is 4.04. The highest BCUT2D eigenvalue weighted by atomic mass is 32.2. The number of nitrogens with one attached hydrogen (secondary N) is 1. The van der Waals surface area contributed by atoms with Crippen LogP contribution in [0.4, 0.5) is 0 Å². The summed E-state index contributed by atoms with van der Waals surface area (Å²) in [7, 11) is 1.74. The zero-order valence-electron chi connectivity index (χ0n) is 7.46. The van der Waals surface area contributed by atoms with Crippen molar-refractivity contribution < 1.29 is 4.79 Å². The zero-order valence-corrected chi connectivity index (χ0v) is 9.09. The molecule has 0 radical (unpaired) electrons. The molecule has 0 amide bonds. The maximum atomic E-state index is 10.5. The highest BCUT2D eigenvalue weighted by molar-refractivity contribution is 8.25. The SMILES string of the molecule is CNC(=S)S/C(C=O)=C/C(C)C. The fraction of sp³-hybridized carbons (Fsp3) is 0.500. The highest BCUT2D eigenvalue weighted by Crippen LogP contribution is 2.16. The van der Waals surface area contributed by atoms with Crippen LogP contribution in [0.15, 0.2) is 11.0 Å². The minimum atomic E-state index is 0.373. The van der Waals surface area contributed by atoms with Crippen molar-refractivity contribution in [3.8, 4) is 0 Å². The summed E-state index contributed by atoms with van der Waals surface area (Å²) in [6.07, 6.45) is 2.72. The number of hydrogen-bond donors (Lipinski definition) is 1. The molecule has 0 fully saturated rings. The molecular formula is C8H13NOS2. The van der Waals surface area contributed by atoms with E-state index in [0.29, 0.717) is 15.1 Å². The van der Waals surface area contributed by atoms with Crippen molar-refractivity contribution >= 4 is 34.6 Å². The van der Waals surface area contributed by atoms with E-state index < -0.39 is 0 Å². The monoisotopic (exact) mass is 203 g/mol. The van der Waals surface area contributed by atoms with E-state index in [4.69, 9.17) is 12.2 Å². The zero-order chi connectivity index (χ0) is 9.56. The van der Waals surface area contributed by atoms with Crippen LogP contribution in [0, 0.1) is 5.92 Å². The van der Waals surface area contributed by atoms with Gasteiger partial charge in [-0.1, -0.05) is 43.9 Å². The predicted octanol–water partition coefficient (Wildman–Crippen LogP) is 1.96. The lowest BCUT2D eigenvalue weighted by atomic mass is 10.2. The molecule has 1 N–H and O–H groups in total. The fourth-order valence-electron chi connectivity index (χ4n) is 0.584.